The molecule has 13 heavy (non-hydrogen) atoms. The number of benzene rings is 1. The predicted molar refractivity (Wildman–Crippen MR) is 49.7 cm³/mol. The van der Waals surface area contributed by atoms with Crippen molar-refractivity contribution in [2.75, 3.05) is 13.2 Å². The molecule has 0 aliphatic heterocycles. The average Bonchev–Trinajstić information content (AvgIpc) is 2.17. The number of aliphatic hydroxyl groups excluding tert-OH is 1. The minimum Gasteiger partial charge on any atom is -0.396 e. The van der Waals surface area contributed by atoms with Crippen LogP contribution in [-0.4, -0.2) is 18.3 Å². The number of rotatable bonds is 4. The molecule has 3 heteroatoms. The molecule has 1 atom stereocenters. The maximum atomic E-state index is 12.5. The lowest BCUT2D eigenvalue weighted by Gasteiger charge is -2.10. The van der Waals surface area contributed by atoms with Crippen molar-refractivity contribution in [2.45, 2.75) is 6.42 Å². The highest BCUT2D eigenvalue weighted by Crippen LogP contribution is 2.08. The maximum Gasteiger partial charge on any atom is 0.123 e. The molecule has 0 saturated heterocycles. The van der Waals surface area contributed by atoms with Gasteiger partial charge in [0.05, 0.1) is 0 Å². The standard InChI is InChI=1S/C10H14FNO/c11-10-3-1-8(2-4-10)5-9(6-12)7-13/h1-4,9,13H,5-7,12H2. The largest absolute Gasteiger partial charge is 0.396 e. The SMILES string of the molecule is NCC(CO)Cc1ccc(F)cc1. The topological polar surface area (TPSA) is 46.2 Å². The Kier molecular flexibility index (Phi) is 3.86. The van der Waals surface area contributed by atoms with Crippen molar-refractivity contribution in [1.29, 1.82) is 0 Å². The fourth-order valence-corrected chi connectivity index (χ4v) is 1.18. The van der Waals surface area contributed by atoms with E-state index in [9.17, 15) is 4.39 Å². The summed E-state index contributed by atoms with van der Waals surface area (Å²) in [5.74, 6) is -0.164. The van der Waals surface area contributed by atoms with Gasteiger partial charge < -0.3 is 10.8 Å². The normalized spacial score (nSPS) is 12.8. The van der Waals surface area contributed by atoms with Gasteiger partial charge in [-0.15, -0.1) is 0 Å². The molecule has 0 aliphatic carbocycles. The third kappa shape index (κ3) is 3.13. The van der Waals surface area contributed by atoms with Gasteiger partial charge in [-0.1, -0.05) is 12.1 Å². The smallest absolute Gasteiger partial charge is 0.123 e. The van der Waals surface area contributed by atoms with Crippen LogP contribution in [0.15, 0.2) is 24.3 Å². The second-order valence-corrected chi connectivity index (χ2v) is 3.11. The highest BCUT2D eigenvalue weighted by molar-refractivity contribution is 5.16. The van der Waals surface area contributed by atoms with Crippen LogP contribution in [0.4, 0.5) is 4.39 Å². The second kappa shape index (κ2) is 4.94. The number of nitrogens with two attached hydrogens (primary N) is 1. The van der Waals surface area contributed by atoms with E-state index in [2.05, 4.69) is 0 Å². The Morgan fingerprint density at radius 2 is 1.92 bits per heavy atom. The summed E-state index contributed by atoms with van der Waals surface area (Å²) in [5.41, 5.74) is 6.43. The number of halogens is 1. The molecular formula is C10H14FNO. The van der Waals surface area contributed by atoms with Gasteiger partial charge in [-0.3, -0.25) is 0 Å². The highest BCUT2D eigenvalue weighted by Gasteiger charge is 2.05. The lowest BCUT2D eigenvalue weighted by molar-refractivity contribution is 0.230. The Morgan fingerprint density at radius 3 is 2.38 bits per heavy atom. The van der Waals surface area contributed by atoms with E-state index >= 15 is 0 Å². The van der Waals surface area contributed by atoms with Crippen molar-refractivity contribution in [2.24, 2.45) is 11.7 Å². The van der Waals surface area contributed by atoms with Crippen LogP contribution >= 0.6 is 0 Å². The molecule has 0 fully saturated rings. The highest BCUT2D eigenvalue weighted by atomic mass is 19.1. The van der Waals surface area contributed by atoms with Gasteiger partial charge in [-0.25, -0.2) is 4.39 Å². The van der Waals surface area contributed by atoms with Crippen molar-refractivity contribution in [1.82, 2.24) is 0 Å². The number of aliphatic hydroxyl groups is 1. The summed E-state index contributed by atoms with van der Waals surface area (Å²) in [5, 5.41) is 8.89. The summed E-state index contributed by atoms with van der Waals surface area (Å²) in [4.78, 5) is 0. The van der Waals surface area contributed by atoms with Gasteiger partial charge in [0.25, 0.3) is 0 Å². The molecule has 1 unspecified atom stereocenters. The van der Waals surface area contributed by atoms with E-state index < -0.39 is 0 Å². The minimum absolute atomic E-state index is 0.0745. The number of hydrogen-bond acceptors (Lipinski definition) is 2. The molecule has 0 spiro atoms. The molecule has 0 saturated carbocycles. The molecule has 0 aromatic heterocycles. The Labute approximate surface area is 77.2 Å². The summed E-state index contributed by atoms with van der Waals surface area (Å²) < 4.78 is 12.5. The van der Waals surface area contributed by atoms with E-state index in [1.165, 1.54) is 12.1 Å². The van der Waals surface area contributed by atoms with Gasteiger partial charge in [-0.2, -0.15) is 0 Å². The fourth-order valence-electron chi connectivity index (χ4n) is 1.18. The van der Waals surface area contributed by atoms with Gasteiger partial charge >= 0.3 is 0 Å². The first kappa shape index (κ1) is 10.2. The molecule has 1 aromatic carbocycles. The van der Waals surface area contributed by atoms with Crippen LogP contribution in [0, 0.1) is 11.7 Å². The number of hydrogen-bond donors (Lipinski definition) is 2. The average molecular weight is 183 g/mol. The summed E-state index contributed by atoms with van der Waals surface area (Å²) >= 11 is 0. The summed E-state index contributed by atoms with van der Waals surface area (Å²) in [7, 11) is 0. The first-order chi connectivity index (χ1) is 6.26. The molecule has 2 nitrogen and oxygen atoms in total. The van der Waals surface area contributed by atoms with Gasteiger partial charge in [0.15, 0.2) is 0 Å². The second-order valence-electron chi connectivity index (χ2n) is 3.11. The van der Waals surface area contributed by atoms with Crippen molar-refractivity contribution in [3.8, 4) is 0 Å². The molecule has 1 aromatic rings. The zero-order chi connectivity index (χ0) is 9.68. The molecule has 72 valence electrons. The molecule has 0 amide bonds. The van der Waals surface area contributed by atoms with Crippen molar-refractivity contribution >= 4 is 0 Å². The van der Waals surface area contributed by atoms with E-state index in [1.54, 1.807) is 12.1 Å². The molecule has 1 rings (SSSR count). The van der Waals surface area contributed by atoms with Gasteiger partial charge in [0.1, 0.15) is 5.82 Å². The molecule has 0 aliphatic rings. The van der Waals surface area contributed by atoms with E-state index in [1.807, 2.05) is 0 Å². The Morgan fingerprint density at radius 1 is 1.31 bits per heavy atom. The lowest BCUT2D eigenvalue weighted by Crippen LogP contribution is -2.20. The first-order valence-electron chi connectivity index (χ1n) is 4.31. The third-order valence-electron chi connectivity index (χ3n) is 2.03. The molecule has 0 bridgehead atoms. The molecular weight excluding hydrogens is 169 g/mol. The van der Waals surface area contributed by atoms with Crippen LogP contribution in [-0.2, 0) is 6.42 Å². The zero-order valence-electron chi connectivity index (χ0n) is 7.41. The Balaban J connectivity index is 2.58. The van der Waals surface area contributed by atoms with Crippen LogP contribution in [0.3, 0.4) is 0 Å². The van der Waals surface area contributed by atoms with Gasteiger partial charge in [0.2, 0.25) is 0 Å². The molecule has 0 radical (unpaired) electrons. The van der Waals surface area contributed by atoms with Crippen molar-refractivity contribution in [3.05, 3.63) is 35.6 Å². The Bertz CT molecular complexity index is 244. The third-order valence-corrected chi connectivity index (χ3v) is 2.03. The van der Waals surface area contributed by atoms with E-state index in [0.29, 0.717) is 13.0 Å². The monoisotopic (exact) mass is 183 g/mol. The van der Waals surface area contributed by atoms with E-state index in [-0.39, 0.29) is 18.3 Å². The van der Waals surface area contributed by atoms with Crippen LogP contribution in [0.25, 0.3) is 0 Å². The molecule has 3 N–H and O–H groups in total. The van der Waals surface area contributed by atoms with Crippen molar-refractivity contribution in [3.63, 3.8) is 0 Å². The zero-order valence-corrected chi connectivity index (χ0v) is 7.41. The van der Waals surface area contributed by atoms with E-state index in [4.69, 9.17) is 10.8 Å². The Hall–Kier alpha value is -0.930. The summed E-state index contributed by atoms with van der Waals surface area (Å²) in [6.07, 6.45) is 0.702. The summed E-state index contributed by atoms with van der Waals surface area (Å²) in [6, 6.07) is 6.27. The maximum absolute atomic E-state index is 12.5. The van der Waals surface area contributed by atoms with Crippen LogP contribution in [0.1, 0.15) is 5.56 Å². The summed E-state index contributed by atoms with van der Waals surface area (Å²) in [6.45, 7) is 0.530. The van der Waals surface area contributed by atoms with E-state index in [0.717, 1.165) is 5.56 Å². The molecule has 0 heterocycles. The lowest BCUT2D eigenvalue weighted by atomic mass is 10.0. The van der Waals surface area contributed by atoms with Crippen LogP contribution in [0.2, 0.25) is 0 Å². The van der Waals surface area contributed by atoms with Crippen LogP contribution < -0.4 is 5.73 Å². The van der Waals surface area contributed by atoms with Gasteiger partial charge in [-0.05, 0) is 36.6 Å². The van der Waals surface area contributed by atoms with Crippen LogP contribution in [0.5, 0.6) is 0 Å². The predicted octanol–water partition coefficient (Wildman–Crippen LogP) is 0.935. The van der Waals surface area contributed by atoms with Gasteiger partial charge in [0, 0.05) is 6.61 Å². The fraction of sp³-hybridized carbons (Fsp3) is 0.400. The van der Waals surface area contributed by atoms with Crippen molar-refractivity contribution < 1.29 is 9.50 Å². The first-order valence-corrected chi connectivity index (χ1v) is 4.31. The quantitative estimate of drug-likeness (QED) is 0.729. The minimum atomic E-state index is -0.239.